The summed E-state index contributed by atoms with van der Waals surface area (Å²) in [6.07, 6.45) is 5.86. The lowest BCUT2D eigenvalue weighted by atomic mass is 9.77. The van der Waals surface area contributed by atoms with Crippen LogP contribution in [0.5, 0.6) is 5.75 Å². The Balaban J connectivity index is 1.48. The Labute approximate surface area is 142 Å². The normalized spacial score (nSPS) is 25.8. The van der Waals surface area contributed by atoms with Crippen molar-refractivity contribution in [2.75, 3.05) is 13.1 Å². The van der Waals surface area contributed by atoms with Gasteiger partial charge in [0.1, 0.15) is 12.0 Å². The van der Waals surface area contributed by atoms with Crippen LogP contribution >= 0.6 is 0 Å². The highest BCUT2D eigenvalue weighted by atomic mass is 16.3. The summed E-state index contributed by atoms with van der Waals surface area (Å²) in [5, 5.41) is 9.38. The second kappa shape index (κ2) is 6.93. The second-order valence-corrected chi connectivity index (χ2v) is 7.40. The lowest BCUT2D eigenvalue weighted by molar-refractivity contribution is -0.144. The molecular formula is C19H26N2O3. The van der Waals surface area contributed by atoms with Gasteiger partial charge in [0.25, 0.3) is 0 Å². The van der Waals surface area contributed by atoms with Gasteiger partial charge in [-0.25, -0.2) is 0 Å². The summed E-state index contributed by atoms with van der Waals surface area (Å²) in [4.78, 5) is 24.9. The van der Waals surface area contributed by atoms with Crippen molar-refractivity contribution in [1.29, 1.82) is 0 Å². The highest BCUT2D eigenvalue weighted by molar-refractivity contribution is 5.80. The molecule has 0 bridgehead atoms. The Hall–Kier alpha value is -1.88. The Morgan fingerprint density at radius 1 is 1.21 bits per heavy atom. The van der Waals surface area contributed by atoms with Crippen LogP contribution in [0.1, 0.15) is 50.0 Å². The van der Waals surface area contributed by atoms with Crippen LogP contribution in [-0.4, -0.2) is 40.8 Å². The van der Waals surface area contributed by atoms with Crippen LogP contribution in [0.25, 0.3) is 0 Å². The van der Waals surface area contributed by atoms with Gasteiger partial charge in [-0.15, -0.1) is 0 Å². The van der Waals surface area contributed by atoms with Gasteiger partial charge in [0, 0.05) is 25.4 Å². The van der Waals surface area contributed by atoms with Crippen LogP contribution in [0.4, 0.5) is 0 Å². The molecule has 24 heavy (non-hydrogen) atoms. The molecule has 1 aliphatic carbocycles. The number of aromatic hydroxyl groups is 1. The van der Waals surface area contributed by atoms with E-state index in [1.807, 2.05) is 17.0 Å². The van der Waals surface area contributed by atoms with E-state index >= 15 is 0 Å². The minimum atomic E-state index is -0.361. The average Bonchev–Trinajstić information content (AvgIpc) is 2.58. The average molecular weight is 330 g/mol. The predicted molar refractivity (Wildman–Crippen MR) is 91.6 cm³/mol. The number of nitrogens with two attached hydrogens (primary N) is 1. The van der Waals surface area contributed by atoms with Gasteiger partial charge in [0.15, 0.2) is 0 Å². The van der Waals surface area contributed by atoms with Gasteiger partial charge < -0.3 is 20.5 Å². The van der Waals surface area contributed by atoms with Crippen molar-refractivity contribution in [3.05, 3.63) is 29.8 Å². The molecule has 0 radical (unpaired) electrons. The lowest BCUT2D eigenvalue weighted by Crippen LogP contribution is -2.69. The molecule has 0 unspecified atom stereocenters. The van der Waals surface area contributed by atoms with Crippen LogP contribution < -0.4 is 5.73 Å². The van der Waals surface area contributed by atoms with E-state index < -0.39 is 0 Å². The van der Waals surface area contributed by atoms with Gasteiger partial charge in [-0.3, -0.25) is 4.79 Å². The summed E-state index contributed by atoms with van der Waals surface area (Å²) >= 11 is 0. The first-order valence-electron chi connectivity index (χ1n) is 8.81. The van der Waals surface area contributed by atoms with Crippen LogP contribution in [0, 0.1) is 5.92 Å². The lowest BCUT2D eigenvalue weighted by Gasteiger charge is -2.49. The molecule has 0 atom stereocenters. The van der Waals surface area contributed by atoms with E-state index in [0.29, 0.717) is 37.6 Å². The molecule has 1 saturated heterocycles. The standard InChI is InChI=1S/C19H26N2O3/c20-19(10-1-11-22)12-21(13-19)18(24)16-4-2-14(3-5-16)15-6-8-17(23)9-7-15/h6-9,11,14,16,23H,1-5,10,12-13,20H2. The van der Waals surface area contributed by atoms with Crippen LogP contribution in [-0.2, 0) is 9.59 Å². The smallest absolute Gasteiger partial charge is 0.225 e. The molecule has 1 saturated carbocycles. The zero-order valence-electron chi connectivity index (χ0n) is 14.0. The SMILES string of the molecule is NC1(CCC=O)CN(C(=O)C2CCC(c3ccc(O)cc3)CC2)C1. The summed E-state index contributed by atoms with van der Waals surface area (Å²) < 4.78 is 0. The number of phenolic OH excluding ortho intramolecular Hbond substituents is 1. The summed E-state index contributed by atoms with van der Waals surface area (Å²) in [5.74, 6) is 1.10. The topological polar surface area (TPSA) is 83.6 Å². The molecule has 0 spiro atoms. The minimum Gasteiger partial charge on any atom is -0.508 e. The molecule has 1 amide bonds. The molecule has 0 aromatic heterocycles. The van der Waals surface area contributed by atoms with E-state index in [2.05, 4.69) is 0 Å². The number of carbonyl (C=O) groups is 2. The number of nitrogens with zero attached hydrogens (tertiary/aromatic N) is 1. The molecule has 1 aliphatic heterocycles. The maximum Gasteiger partial charge on any atom is 0.225 e. The molecule has 2 aliphatic rings. The zero-order chi connectivity index (χ0) is 17.2. The van der Waals surface area contributed by atoms with Crippen molar-refractivity contribution < 1.29 is 14.7 Å². The molecule has 1 aromatic carbocycles. The minimum absolute atomic E-state index is 0.106. The summed E-state index contributed by atoms with van der Waals surface area (Å²) in [7, 11) is 0. The van der Waals surface area contributed by atoms with Crippen molar-refractivity contribution in [2.45, 2.75) is 50.0 Å². The quantitative estimate of drug-likeness (QED) is 0.811. The van der Waals surface area contributed by atoms with Gasteiger partial charge >= 0.3 is 0 Å². The number of amides is 1. The number of carbonyl (C=O) groups excluding carboxylic acids is 2. The van der Waals surface area contributed by atoms with Crippen molar-refractivity contribution in [3.8, 4) is 5.75 Å². The number of phenols is 1. The predicted octanol–water partition coefficient (Wildman–Crippen LogP) is 2.18. The first-order chi connectivity index (χ1) is 11.5. The Morgan fingerprint density at radius 3 is 2.42 bits per heavy atom. The molecule has 5 heteroatoms. The molecule has 3 rings (SSSR count). The van der Waals surface area contributed by atoms with Gasteiger partial charge in [0.2, 0.25) is 5.91 Å². The molecule has 3 N–H and O–H groups in total. The maximum absolute atomic E-state index is 12.6. The number of hydrogen-bond acceptors (Lipinski definition) is 4. The van der Waals surface area contributed by atoms with Crippen LogP contribution in [0.3, 0.4) is 0 Å². The van der Waals surface area contributed by atoms with Crippen molar-refractivity contribution in [1.82, 2.24) is 4.90 Å². The number of benzene rings is 1. The fourth-order valence-electron chi connectivity index (χ4n) is 4.05. The van der Waals surface area contributed by atoms with E-state index in [1.165, 1.54) is 5.56 Å². The fourth-order valence-corrected chi connectivity index (χ4v) is 4.05. The Kier molecular flexibility index (Phi) is 4.90. The van der Waals surface area contributed by atoms with Crippen LogP contribution in [0.15, 0.2) is 24.3 Å². The number of likely N-dealkylation sites (tertiary alicyclic amines) is 1. The molecule has 1 heterocycles. The van der Waals surface area contributed by atoms with E-state index in [4.69, 9.17) is 5.73 Å². The van der Waals surface area contributed by atoms with Gasteiger partial charge in [-0.05, 0) is 55.7 Å². The summed E-state index contributed by atoms with van der Waals surface area (Å²) in [6.45, 7) is 1.16. The number of aldehydes is 1. The van der Waals surface area contributed by atoms with E-state index in [9.17, 15) is 14.7 Å². The van der Waals surface area contributed by atoms with Crippen LogP contribution in [0.2, 0.25) is 0 Å². The molecule has 1 aromatic rings. The second-order valence-electron chi connectivity index (χ2n) is 7.40. The van der Waals surface area contributed by atoms with Crippen molar-refractivity contribution in [2.24, 2.45) is 11.7 Å². The van der Waals surface area contributed by atoms with E-state index in [-0.39, 0.29) is 17.4 Å². The zero-order valence-corrected chi connectivity index (χ0v) is 14.0. The first kappa shape index (κ1) is 17.0. The number of rotatable bonds is 5. The third kappa shape index (κ3) is 3.61. The summed E-state index contributed by atoms with van der Waals surface area (Å²) in [5.41, 5.74) is 7.07. The van der Waals surface area contributed by atoms with Gasteiger partial charge in [0.05, 0.1) is 5.54 Å². The molecule has 2 fully saturated rings. The van der Waals surface area contributed by atoms with E-state index in [0.717, 1.165) is 32.0 Å². The fraction of sp³-hybridized carbons (Fsp3) is 0.579. The monoisotopic (exact) mass is 330 g/mol. The van der Waals surface area contributed by atoms with Gasteiger partial charge in [-0.2, -0.15) is 0 Å². The van der Waals surface area contributed by atoms with Crippen molar-refractivity contribution >= 4 is 12.2 Å². The molecule has 130 valence electrons. The molecule has 5 nitrogen and oxygen atoms in total. The number of hydrogen-bond donors (Lipinski definition) is 2. The largest absolute Gasteiger partial charge is 0.508 e. The summed E-state index contributed by atoms with van der Waals surface area (Å²) in [6, 6.07) is 7.42. The van der Waals surface area contributed by atoms with E-state index in [1.54, 1.807) is 12.1 Å². The Bertz CT molecular complexity index is 585. The first-order valence-corrected chi connectivity index (χ1v) is 8.81. The molecular weight excluding hydrogens is 304 g/mol. The third-order valence-corrected chi connectivity index (χ3v) is 5.52. The third-order valence-electron chi connectivity index (χ3n) is 5.52. The maximum atomic E-state index is 12.6. The highest BCUT2D eigenvalue weighted by Gasteiger charge is 2.43. The van der Waals surface area contributed by atoms with Crippen molar-refractivity contribution in [3.63, 3.8) is 0 Å². The highest BCUT2D eigenvalue weighted by Crippen LogP contribution is 2.38. The Morgan fingerprint density at radius 2 is 1.83 bits per heavy atom. The van der Waals surface area contributed by atoms with Gasteiger partial charge in [-0.1, -0.05) is 12.1 Å².